The van der Waals surface area contributed by atoms with Crippen molar-refractivity contribution in [2.75, 3.05) is 13.7 Å². The van der Waals surface area contributed by atoms with Gasteiger partial charge in [0.1, 0.15) is 5.85 Å². The van der Waals surface area contributed by atoms with Crippen molar-refractivity contribution < 1.29 is 36.2 Å². The number of hydrogen-bond acceptors (Lipinski definition) is 3. The fraction of sp³-hybridized carbons (Fsp3) is 0.875. The normalized spacial score (nSPS) is 14.5. The Morgan fingerprint density at radius 2 is 1.78 bits per heavy atom. The molecule has 0 spiro atoms. The molecule has 18 heavy (non-hydrogen) atoms. The molecule has 1 N–H and O–H groups in total. The Hall–Kier alpha value is -0.903. The van der Waals surface area contributed by atoms with E-state index in [4.69, 9.17) is 4.74 Å². The Morgan fingerprint density at radius 1 is 1.28 bits per heavy atom. The van der Waals surface area contributed by atoms with Crippen molar-refractivity contribution in [1.82, 2.24) is 5.32 Å². The largest absolute Gasteiger partial charge is 0.456 e. The number of alkyl halides is 5. The first-order valence-electron chi connectivity index (χ1n) is 4.92. The average molecular weight is 295 g/mol. The highest BCUT2D eigenvalue weighted by Crippen LogP contribution is 2.35. The summed E-state index contributed by atoms with van der Waals surface area (Å²) in [5.74, 6) is -5.76. The molecule has 0 radical (unpaired) electrons. The van der Waals surface area contributed by atoms with E-state index in [-0.39, 0.29) is 0 Å². The van der Waals surface area contributed by atoms with E-state index < -0.39 is 39.4 Å². The molecular weight excluding hydrogens is 281 g/mol. The number of rotatable bonds is 5. The Labute approximate surface area is 102 Å². The number of halogens is 5. The van der Waals surface area contributed by atoms with Crippen LogP contribution in [0.15, 0.2) is 0 Å². The molecule has 0 aromatic heterocycles. The van der Waals surface area contributed by atoms with Crippen LogP contribution in [-0.2, 0) is 9.47 Å². The lowest BCUT2D eigenvalue weighted by Gasteiger charge is -2.22. The number of hydrogen-bond donors (Lipinski definition) is 1. The molecule has 0 heterocycles. The third kappa shape index (κ3) is 5.17. The van der Waals surface area contributed by atoms with Gasteiger partial charge in [0.05, 0.1) is 8.80 Å². The molecule has 0 aliphatic heterocycles. The Kier molecular flexibility index (Phi) is 6.00. The summed E-state index contributed by atoms with van der Waals surface area (Å²) in [4.78, 5) is 11.0. The molecule has 1 unspecified atom stereocenters. The maximum Gasteiger partial charge on any atom is 0.456 e. The standard InChI is InChI=1S/C8H14F5NO3Si/c1-16-6(18(2)3)14-5(15)17-4-7(9,10)8(11,12)13/h6,18H,4H2,1-3H3,(H,14,15). The van der Waals surface area contributed by atoms with Crippen LogP contribution >= 0.6 is 0 Å². The van der Waals surface area contributed by atoms with E-state index in [2.05, 4.69) is 10.1 Å². The summed E-state index contributed by atoms with van der Waals surface area (Å²) in [6.45, 7) is 1.52. The van der Waals surface area contributed by atoms with Crippen LogP contribution in [0.4, 0.5) is 26.7 Å². The summed E-state index contributed by atoms with van der Waals surface area (Å²) in [5, 5.41) is 2.07. The van der Waals surface area contributed by atoms with Gasteiger partial charge in [-0.1, -0.05) is 13.1 Å². The molecule has 108 valence electrons. The van der Waals surface area contributed by atoms with Crippen LogP contribution in [0.5, 0.6) is 0 Å². The molecule has 0 bridgehead atoms. The zero-order valence-corrected chi connectivity index (χ0v) is 11.1. The first-order valence-corrected chi connectivity index (χ1v) is 7.89. The predicted octanol–water partition coefficient (Wildman–Crippen LogP) is 1.91. The average Bonchev–Trinajstić information content (AvgIpc) is 2.21. The minimum Gasteiger partial charge on any atom is -0.443 e. The predicted molar refractivity (Wildman–Crippen MR) is 55.2 cm³/mol. The quantitative estimate of drug-likeness (QED) is 0.479. The maximum absolute atomic E-state index is 12.4. The van der Waals surface area contributed by atoms with Crippen molar-refractivity contribution in [2.24, 2.45) is 0 Å². The van der Waals surface area contributed by atoms with Gasteiger partial charge in [0.15, 0.2) is 6.61 Å². The third-order valence-corrected chi connectivity index (χ3v) is 3.57. The van der Waals surface area contributed by atoms with Crippen molar-refractivity contribution >= 4 is 14.9 Å². The van der Waals surface area contributed by atoms with Crippen LogP contribution in [0.1, 0.15) is 0 Å². The lowest BCUT2D eigenvalue weighted by Crippen LogP contribution is -2.47. The Morgan fingerprint density at radius 3 is 2.11 bits per heavy atom. The summed E-state index contributed by atoms with van der Waals surface area (Å²) >= 11 is 0. The summed E-state index contributed by atoms with van der Waals surface area (Å²) in [7, 11) is -0.206. The second-order valence-corrected chi connectivity index (χ2v) is 6.92. The zero-order valence-electron chi connectivity index (χ0n) is 9.98. The zero-order chi connectivity index (χ0) is 14.6. The van der Waals surface area contributed by atoms with Gasteiger partial charge in [-0.15, -0.1) is 0 Å². The van der Waals surface area contributed by atoms with Crippen LogP contribution in [0.3, 0.4) is 0 Å². The van der Waals surface area contributed by atoms with Crippen molar-refractivity contribution in [3.05, 3.63) is 0 Å². The molecule has 0 fully saturated rings. The summed E-state index contributed by atoms with van der Waals surface area (Å²) < 4.78 is 68.8. The molecule has 1 atom stereocenters. The lowest BCUT2D eigenvalue weighted by atomic mass is 10.3. The van der Waals surface area contributed by atoms with Gasteiger partial charge < -0.3 is 9.47 Å². The number of methoxy groups -OCH3 is 1. The molecule has 0 aliphatic carbocycles. The Balaban J connectivity index is 4.27. The number of amides is 1. The van der Waals surface area contributed by atoms with Crippen LogP contribution in [0.2, 0.25) is 13.1 Å². The number of alkyl carbamates (subject to hydrolysis) is 1. The van der Waals surface area contributed by atoms with E-state index in [1.165, 1.54) is 7.11 Å². The van der Waals surface area contributed by atoms with Gasteiger partial charge in [-0.05, 0) is 0 Å². The molecule has 0 aromatic carbocycles. The molecule has 0 aromatic rings. The monoisotopic (exact) mass is 295 g/mol. The molecular formula is C8H14F5NO3Si. The van der Waals surface area contributed by atoms with Crippen molar-refractivity contribution in [1.29, 1.82) is 0 Å². The van der Waals surface area contributed by atoms with Crippen LogP contribution in [-0.4, -0.2) is 46.6 Å². The SMILES string of the molecule is COC(NC(=O)OCC(F)(F)C(F)(F)F)[SiH](C)C. The maximum atomic E-state index is 12.4. The number of carbonyl (C=O) groups is 1. The number of carbonyl (C=O) groups excluding carboxylic acids is 1. The van der Waals surface area contributed by atoms with E-state index >= 15 is 0 Å². The molecule has 0 saturated carbocycles. The van der Waals surface area contributed by atoms with E-state index in [0.717, 1.165) is 0 Å². The van der Waals surface area contributed by atoms with Crippen molar-refractivity contribution in [3.63, 3.8) is 0 Å². The van der Waals surface area contributed by atoms with Gasteiger partial charge in [0, 0.05) is 7.11 Å². The van der Waals surface area contributed by atoms with Crippen molar-refractivity contribution in [2.45, 2.75) is 31.0 Å². The molecule has 4 nitrogen and oxygen atoms in total. The highest BCUT2D eigenvalue weighted by Gasteiger charge is 2.58. The van der Waals surface area contributed by atoms with Crippen LogP contribution < -0.4 is 5.32 Å². The molecule has 0 rings (SSSR count). The molecule has 0 saturated heterocycles. The van der Waals surface area contributed by atoms with Gasteiger partial charge in [0.2, 0.25) is 0 Å². The molecule has 0 aliphatic rings. The van der Waals surface area contributed by atoms with Gasteiger partial charge in [-0.3, -0.25) is 5.32 Å². The molecule has 10 heteroatoms. The second kappa shape index (κ2) is 6.32. The fourth-order valence-electron chi connectivity index (χ4n) is 0.894. The third-order valence-electron chi connectivity index (χ3n) is 1.92. The van der Waals surface area contributed by atoms with Gasteiger partial charge in [-0.2, -0.15) is 22.0 Å². The second-order valence-electron chi connectivity index (χ2n) is 3.82. The lowest BCUT2D eigenvalue weighted by molar-refractivity contribution is -0.292. The van der Waals surface area contributed by atoms with Gasteiger partial charge in [0.25, 0.3) is 0 Å². The van der Waals surface area contributed by atoms with Gasteiger partial charge >= 0.3 is 18.2 Å². The van der Waals surface area contributed by atoms with Crippen molar-refractivity contribution in [3.8, 4) is 0 Å². The summed E-state index contributed by atoms with van der Waals surface area (Å²) in [5.41, 5.74) is 0. The van der Waals surface area contributed by atoms with Crippen LogP contribution in [0.25, 0.3) is 0 Å². The minimum atomic E-state index is -5.75. The van der Waals surface area contributed by atoms with E-state index in [1.807, 2.05) is 0 Å². The summed E-state index contributed by atoms with van der Waals surface area (Å²) in [6, 6.07) is 0. The number of ether oxygens (including phenoxy) is 2. The fourth-order valence-corrected chi connectivity index (χ4v) is 1.91. The van der Waals surface area contributed by atoms with Gasteiger partial charge in [-0.25, -0.2) is 4.79 Å². The minimum absolute atomic E-state index is 0.697. The highest BCUT2D eigenvalue weighted by molar-refractivity contribution is 6.57. The van der Waals surface area contributed by atoms with E-state index in [0.29, 0.717) is 0 Å². The highest BCUT2D eigenvalue weighted by atomic mass is 28.3. The Bertz CT molecular complexity index is 284. The topological polar surface area (TPSA) is 47.6 Å². The molecule has 1 amide bonds. The number of nitrogens with one attached hydrogen (secondary N) is 1. The van der Waals surface area contributed by atoms with Crippen LogP contribution in [0, 0.1) is 0 Å². The first kappa shape index (κ1) is 17.1. The van der Waals surface area contributed by atoms with E-state index in [1.54, 1.807) is 13.1 Å². The van der Waals surface area contributed by atoms with E-state index in [9.17, 15) is 26.7 Å². The smallest absolute Gasteiger partial charge is 0.443 e. The first-order chi connectivity index (χ1) is 8.01. The summed E-state index contributed by atoms with van der Waals surface area (Å²) in [6.07, 6.45) is -7.12.